The molecule has 0 radical (unpaired) electrons. The van der Waals surface area contributed by atoms with Crippen LogP contribution in [0.3, 0.4) is 0 Å². The zero-order valence-corrected chi connectivity index (χ0v) is 32.8. The van der Waals surface area contributed by atoms with Gasteiger partial charge in [0.25, 0.3) is 5.91 Å². The average Bonchev–Trinajstić information content (AvgIpc) is 3.20. The lowest BCUT2D eigenvalue weighted by atomic mass is 9.99. The molecule has 0 fully saturated rings. The van der Waals surface area contributed by atoms with Crippen LogP contribution in [0.25, 0.3) is 22.2 Å². The Kier molecular flexibility index (Phi) is 17.3. The lowest BCUT2D eigenvalue weighted by Gasteiger charge is -2.23. The standard InChI is InChI=1S/C44H59N5O5/c1-6-9-17-33-21-26-39-37(29-33)38(30-41(47-39)35-22-24-36(53-5)25-23-35)42(50)48-40(43(51)46-32(4)16-15-28-49(7-2)8-3)20-13-14-27-45-44(52)54-31-34-18-11-10-12-19-34/h10-12,18-19,21-26,29-30,32,40H,6-9,13-17,20,27-28,31H2,1-5H3,(H,45,52)(H,46,51)(H,48,50). The summed E-state index contributed by atoms with van der Waals surface area (Å²) in [5, 5.41) is 9.82. The van der Waals surface area contributed by atoms with E-state index in [1.807, 2.05) is 73.7 Å². The van der Waals surface area contributed by atoms with Crippen molar-refractivity contribution in [3.05, 3.63) is 95.6 Å². The summed E-state index contributed by atoms with van der Waals surface area (Å²) in [6.45, 7) is 12.0. The number of carbonyl (C=O) groups is 3. The summed E-state index contributed by atoms with van der Waals surface area (Å²) in [5.74, 6) is 0.182. The second-order valence-corrected chi connectivity index (χ2v) is 13.8. The van der Waals surface area contributed by atoms with Crippen molar-refractivity contribution in [3.8, 4) is 17.0 Å². The minimum atomic E-state index is -0.774. The highest BCUT2D eigenvalue weighted by atomic mass is 16.5. The molecule has 3 N–H and O–H groups in total. The molecule has 2 unspecified atom stereocenters. The van der Waals surface area contributed by atoms with Crippen LogP contribution in [-0.2, 0) is 22.6 Å². The molecule has 3 aromatic carbocycles. The fraction of sp³-hybridized carbons (Fsp3) is 0.455. The largest absolute Gasteiger partial charge is 0.497 e. The fourth-order valence-electron chi connectivity index (χ4n) is 6.43. The quantitative estimate of drug-likeness (QED) is 0.0698. The van der Waals surface area contributed by atoms with E-state index < -0.39 is 12.1 Å². The van der Waals surface area contributed by atoms with Crippen molar-refractivity contribution >= 4 is 28.8 Å². The Labute approximate surface area is 321 Å². The van der Waals surface area contributed by atoms with Gasteiger partial charge in [-0.2, -0.15) is 0 Å². The van der Waals surface area contributed by atoms with E-state index in [1.54, 1.807) is 7.11 Å². The number of benzene rings is 3. The van der Waals surface area contributed by atoms with Crippen molar-refractivity contribution in [1.29, 1.82) is 0 Å². The number of unbranched alkanes of at least 4 members (excludes halogenated alkanes) is 2. The Balaban J connectivity index is 1.50. The van der Waals surface area contributed by atoms with Crippen LogP contribution in [0, 0.1) is 0 Å². The second-order valence-electron chi connectivity index (χ2n) is 13.8. The monoisotopic (exact) mass is 737 g/mol. The molecule has 4 aromatic rings. The van der Waals surface area contributed by atoms with Crippen LogP contribution in [-0.4, -0.2) is 73.2 Å². The van der Waals surface area contributed by atoms with E-state index in [0.29, 0.717) is 42.6 Å². The van der Waals surface area contributed by atoms with Crippen molar-refractivity contribution in [2.75, 3.05) is 33.3 Å². The lowest BCUT2D eigenvalue weighted by molar-refractivity contribution is -0.123. The Morgan fingerprint density at radius 3 is 2.28 bits per heavy atom. The van der Waals surface area contributed by atoms with E-state index in [-0.39, 0.29) is 24.5 Å². The van der Waals surface area contributed by atoms with Crippen LogP contribution in [0.5, 0.6) is 5.75 Å². The predicted octanol–water partition coefficient (Wildman–Crippen LogP) is 8.07. The highest BCUT2D eigenvalue weighted by Crippen LogP contribution is 2.28. The minimum Gasteiger partial charge on any atom is -0.497 e. The number of hydrogen-bond donors (Lipinski definition) is 3. The Morgan fingerprint density at radius 2 is 1.57 bits per heavy atom. The number of ether oxygens (including phenoxy) is 2. The first-order valence-electron chi connectivity index (χ1n) is 19.6. The van der Waals surface area contributed by atoms with Gasteiger partial charge in [-0.25, -0.2) is 9.78 Å². The van der Waals surface area contributed by atoms with Crippen LogP contribution in [0.1, 0.15) is 94.1 Å². The maximum absolute atomic E-state index is 14.3. The highest BCUT2D eigenvalue weighted by Gasteiger charge is 2.24. The minimum absolute atomic E-state index is 0.0573. The van der Waals surface area contributed by atoms with Gasteiger partial charge < -0.3 is 30.3 Å². The summed E-state index contributed by atoms with van der Waals surface area (Å²) in [5.41, 5.74) is 4.74. The number of alkyl carbamates (subject to hydrolysis) is 1. The number of methoxy groups -OCH3 is 1. The molecule has 1 heterocycles. The van der Waals surface area contributed by atoms with E-state index in [0.717, 1.165) is 79.6 Å². The number of aryl methyl sites for hydroxylation is 1. The Morgan fingerprint density at radius 1 is 0.815 bits per heavy atom. The lowest BCUT2D eigenvalue weighted by Crippen LogP contribution is -2.49. The first-order valence-corrected chi connectivity index (χ1v) is 19.6. The molecular weight excluding hydrogens is 679 g/mol. The molecule has 54 heavy (non-hydrogen) atoms. The number of fused-ring (bicyclic) bond motifs is 1. The van der Waals surface area contributed by atoms with Crippen LogP contribution in [0.15, 0.2) is 78.9 Å². The van der Waals surface area contributed by atoms with Gasteiger partial charge in [0.05, 0.1) is 23.9 Å². The number of amides is 3. The number of carbonyl (C=O) groups excluding carboxylic acids is 3. The highest BCUT2D eigenvalue weighted by molar-refractivity contribution is 6.08. The molecule has 0 bridgehead atoms. The van der Waals surface area contributed by atoms with E-state index >= 15 is 0 Å². The molecule has 10 heteroatoms. The summed E-state index contributed by atoms with van der Waals surface area (Å²) < 4.78 is 10.7. The van der Waals surface area contributed by atoms with Gasteiger partial charge in [-0.3, -0.25) is 9.59 Å². The van der Waals surface area contributed by atoms with E-state index in [1.165, 1.54) is 0 Å². The first kappa shape index (κ1) is 41.8. The van der Waals surface area contributed by atoms with Gasteiger partial charge in [0.1, 0.15) is 18.4 Å². The van der Waals surface area contributed by atoms with Gasteiger partial charge in [-0.1, -0.05) is 63.6 Å². The number of aromatic nitrogens is 1. The summed E-state index contributed by atoms with van der Waals surface area (Å²) >= 11 is 0. The van der Waals surface area contributed by atoms with Crippen LogP contribution in [0.4, 0.5) is 4.79 Å². The molecule has 0 saturated carbocycles. The summed E-state index contributed by atoms with van der Waals surface area (Å²) in [6.07, 6.45) is 5.93. The molecule has 0 aliphatic heterocycles. The number of pyridine rings is 1. The summed E-state index contributed by atoms with van der Waals surface area (Å²) in [4.78, 5) is 47.8. The van der Waals surface area contributed by atoms with Crippen LogP contribution < -0.4 is 20.7 Å². The normalized spacial score (nSPS) is 12.3. The predicted molar refractivity (Wildman–Crippen MR) is 217 cm³/mol. The molecule has 3 amide bonds. The maximum atomic E-state index is 14.3. The Hall–Kier alpha value is -4.96. The third-order valence-electron chi connectivity index (χ3n) is 9.74. The molecule has 4 rings (SSSR count). The van der Waals surface area contributed by atoms with Gasteiger partial charge in [0.2, 0.25) is 5.91 Å². The average molecular weight is 738 g/mol. The topological polar surface area (TPSA) is 122 Å². The fourth-order valence-corrected chi connectivity index (χ4v) is 6.43. The molecule has 0 saturated heterocycles. The number of hydrogen-bond acceptors (Lipinski definition) is 7. The number of nitrogens with one attached hydrogen (secondary N) is 3. The zero-order chi connectivity index (χ0) is 38.7. The molecule has 1 aromatic heterocycles. The van der Waals surface area contributed by atoms with Gasteiger partial charge in [0.15, 0.2) is 0 Å². The van der Waals surface area contributed by atoms with Crippen LogP contribution in [0.2, 0.25) is 0 Å². The third-order valence-corrected chi connectivity index (χ3v) is 9.74. The first-order chi connectivity index (χ1) is 26.2. The van der Waals surface area contributed by atoms with Gasteiger partial charge in [-0.15, -0.1) is 0 Å². The third kappa shape index (κ3) is 13.2. The van der Waals surface area contributed by atoms with E-state index in [9.17, 15) is 14.4 Å². The SMILES string of the molecule is CCCCc1ccc2nc(-c3ccc(OC)cc3)cc(C(=O)NC(CCCCNC(=O)OCc3ccccc3)C(=O)NC(C)CCCN(CC)CC)c2c1. The van der Waals surface area contributed by atoms with E-state index in [4.69, 9.17) is 14.5 Å². The molecule has 0 aliphatic rings. The molecule has 0 spiro atoms. The van der Waals surface area contributed by atoms with Crippen molar-refractivity contribution in [1.82, 2.24) is 25.8 Å². The van der Waals surface area contributed by atoms with Crippen molar-refractivity contribution in [3.63, 3.8) is 0 Å². The molecule has 10 nitrogen and oxygen atoms in total. The second kappa shape index (κ2) is 22.3. The van der Waals surface area contributed by atoms with Crippen molar-refractivity contribution in [2.24, 2.45) is 0 Å². The van der Waals surface area contributed by atoms with E-state index in [2.05, 4.69) is 53.8 Å². The summed E-state index contributed by atoms with van der Waals surface area (Å²) in [7, 11) is 1.62. The molecule has 2 atom stereocenters. The Bertz CT molecular complexity index is 1760. The van der Waals surface area contributed by atoms with Crippen molar-refractivity contribution in [2.45, 2.75) is 97.8 Å². The van der Waals surface area contributed by atoms with Gasteiger partial charge in [0, 0.05) is 23.5 Å². The van der Waals surface area contributed by atoms with Gasteiger partial charge in [-0.05, 0) is 125 Å². The van der Waals surface area contributed by atoms with Crippen LogP contribution >= 0.6 is 0 Å². The smallest absolute Gasteiger partial charge is 0.407 e. The maximum Gasteiger partial charge on any atom is 0.407 e. The van der Waals surface area contributed by atoms with Gasteiger partial charge >= 0.3 is 6.09 Å². The number of rotatable bonds is 22. The van der Waals surface area contributed by atoms with Crippen molar-refractivity contribution < 1.29 is 23.9 Å². The molecule has 290 valence electrons. The zero-order valence-electron chi connectivity index (χ0n) is 32.8. The number of nitrogens with zero attached hydrogens (tertiary/aromatic N) is 2. The molecular formula is C44H59N5O5. The molecule has 0 aliphatic carbocycles. The summed E-state index contributed by atoms with van der Waals surface area (Å²) in [6, 6.07) is 24.2.